The number of aryl methyl sites for hydroxylation is 1. The number of methoxy groups -OCH3 is 2. The third kappa shape index (κ3) is 4.70. The number of aromatic nitrogens is 3. The van der Waals surface area contributed by atoms with Crippen molar-refractivity contribution in [1.29, 1.82) is 0 Å². The summed E-state index contributed by atoms with van der Waals surface area (Å²) in [4.78, 5) is 25.4. The number of rotatable bonds is 7. The molecule has 0 saturated carbocycles. The van der Waals surface area contributed by atoms with Crippen LogP contribution in [0.4, 0.5) is 5.69 Å². The summed E-state index contributed by atoms with van der Waals surface area (Å²) in [5.74, 6) is -0.166. The summed E-state index contributed by atoms with van der Waals surface area (Å²) >= 11 is 0. The van der Waals surface area contributed by atoms with E-state index in [1.165, 1.54) is 19.0 Å². The van der Waals surface area contributed by atoms with Gasteiger partial charge in [0.05, 0.1) is 31.3 Å². The summed E-state index contributed by atoms with van der Waals surface area (Å²) in [7, 11) is 2.76. The van der Waals surface area contributed by atoms with E-state index in [9.17, 15) is 9.59 Å². The lowest BCUT2D eigenvalue weighted by molar-refractivity contribution is -0.142. The molecule has 0 fully saturated rings. The Balaban J connectivity index is 1.81. The predicted molar refractivity (Wildman–Crippen MR) is 105 cm³/mol. The zero-order chi connectivity index (χ0) is 20.8. The number of esters is 1. The molecule has 0 saturated heterocycles. The third-order valence-electron chi connectivity index (χ3n) is 3.99. The van der Waals surface area contributed by atoms with Gasteiger partial charge in [-0.1, -0.05) is 18.2 Å². The van der Waals surface area contributed by atoms with Gasteiger partial charge in [0.2, 0.25) is 0 Å². The van der Waals surface area contributed by atoms with Gasteiger partial charge in [-0.2, -0.15) is 9.90 Å². The van der Waals surface area contributed by atoms with E-state index in [0.717, 1.165) is 5.69 Å². The summed E-state index contributed by atoms with van der Waals surface area (Å²) in [6, 6.07) is 14.1. The highest BCUT2D eigenvalue weighted by molar-refractivity contribution is 6.04. The molecule has 1 N–H and O–H groups in total. The fourth-order valence-electron chi connectivity index (χ4n) is 2.52. The van der Waals surface area contributed by atoms with Crippen LogP contribution in [0.1, 0.15) is 16.2 Å². The molecular weight excluding hydrogens is 376 g/mol. The molecular formula is C20H20N4O5. The van der Waals surface area contributed by atoms with Crippen LogP contribution in [-0.2, 0) is 9.53 Å². The fourth-order valence-corrected chi connectivity index (χ4v) is 2.52. The number of para-hydroxylation sites is 1. The smallest absolute Gasteiger partial charge is 0.343 e. The molecule has 0 spiro atoms. The fraction of sp³-hybridized carbons (Fsp3) is 0.200. The van der Waals surface area contributed by atoms with Crippen LogP contribution >= 0.6 is 0 Å². The number of carbonyl (C=O) groups excluding carboxylic acids is 2. The molecule has 0 aliphatic heterocycles. The lowest BCUT2D eigenvalue weighted by atomic mass is 10.2. The summed E-state index contributed by atoms with van der Waals surface area (Å²) in [6.45, 7) is 1.45. The third-order valence-corrected chi connectivity index (χ3v) is 3.99. The number of anilines is 1. The maximum atomic E-state index is 12.8. The van der Waals surface area contributed by atoms with Crippen molar-refractivity contribution in [2.45, 2.75) is 6.92 Å². The van der Waals surface area contributed by atoms with E-state index < -0.39 is 11.9 Å². The quantitative estimate of drug-likeness (QED) is 0.612. The van der Waals surface area contributed by atoms with E-state index in [-0.39, 0.29) is 12.3 Å². The van der Waals surface area contributed by atoms with Crippen LogP contribution in [-0.4, -0.2) is 47.7 Å². The van der Waals surface area contributed by atoms with Crippen LogP contribution < -0.4 is 14.8 Å². The van der Waals surface area contributed by atoms with Crippen LogP contribution in [0.2, 0.25) is 0 Å². The molecule has 0 aliphatic carbocycles. The number of hydrogen-bond donors (Lipinski definition) is 1. The first kappa shape index (κ1) is 19.9. The van der Waals surface area contributed by atoms with Gasteiger partial charge in [0.25, 0.3) is 5.91 Å². The lowest BCUT2D eigenvalue weighted by Crippen LogP contribution is -2.16. The van der Waals surface area contributed by atoms with Gasteiger partial charge in [0, 0.05) is 6.07 Å². The van der Waals surface area contributed by atoms with Crippen LogP contribution in [0, 0.1) is 6.92 Å². The van der Waals surface area contributed by atoms with Crippen LogP contribution in [0.3, 0.4) is 0 Å². The highest BCUT2D eigenvalue weighted by atomic mass is 16.6. The van der Waals surface area contributed by atoms with E-state index in [2.05, 4.69) is 20.3 Å². The normalized spacial score (nSPS) is 10.3. The second kappa shape index (κ2) is 8.87. The highest BCUT2D eigenvalue weighted by Gasteiger charge is 2.18. The first-order valence-electron chi connectivity index (χ1n) is 8.70. The first-order chi connectivity index (χ1) is 14.0. The monoisotopic (exact) mass is 396 g/mol. The Bertz CT molecular complexity index is 1020. The molecule has 3 aromatic rings. The number of benzene rings is 2. The Hall–Kier alpha value is -3.88. The second-order valence-corrected chi connectivity index (χ2v) is 5.94. The van der Waals surface area contributed by atoms with Crippen LogP contribution in [0.25, 0.3) is 5.69 Å². The van der Waals surface area contributed by atoms with Gasteiger partial charge in [-0.25, -0.2) is 4.79 Å². The molecule has 0 bridgehead atoms. The van der Waals surface area contributed by atoms with Crippen molar-refractivity contribution in [3.63, 3.8) is 0 Å². The van der Waals surface area contributed by atoms with E-state index >= 15 is 0 Å². The van der Waals surface area contributed by atoms with Gasteiger partial charge in [-0.05, 0) is 31.2 Å². The average Bonchev–Trinajstić information content (AvgIpc) is 3.14. The second-order valence-electron chi connectivity index (χ2n) is 5.94. The topological polar surface area (TPSA) is 105 Å². The maximum absolute atomic E-state index is 12.8. The molecule has 0 atom stereocenters. The number of nitrogens with zero attached hydrogens (tertiary/aromatic N) is 3. The summed E-state index contributed by atoms with van der Waals surface area (Å²) < 4.78 is 15.2. The van der Waals surface area contributed by atoms with Gasteiger partial charge in [-0.3, -0.25) is 4.79 Å². The van der Waals surface area contributed by atoms with E-state index in [1.807, 2.05) is 30.3 Å². The number of hydrogen-bond acceptors (Lipinski definition) is 7. The molecule has 0 aliphatic rings. The molecule has 9 nitrogen and oxygen atoms in total. The Morgan fingerprint density at radius 2 is 1.83 bits per heavy atom. The minimum absolute atomic E-state index is 0.178. The van der Waals surface area contributed by atoms with Crippen molar-refractivity contribution in [2.24, 2.45) is 0 Å². The molecule has 0 radical (unpaired) electrons. The van der Waals surface area contributed by atoms with E-state index in [4.69, 9.17) is 9.47 Å². The van der Waals surface area contributed by atoms with Crippen molar-refractivity contribution in [3.8, 4) is 17.2 Å². The number of nitrogens with one attached hydrogen (secondary N) is 1. The van der Waals surface area contributed by atoms with Gasteiger partial charge in [-0.15, -0.1) is 5.10 Å². The molecule has 1 amide bonds. The molecule has 9 heteroatoms. The summed E-state index contributed by atoms with van der Waals surface area (Å²) in [5.41, 5.74) is 1.76. The number of ether oxygens (including phenoxy) is 3. The average molecular weight is 396 g/mol. The molecule has 0 unspecified atom stereocenters. The van der Waals surface area contributed by atoms with Crippen molar-refractivity contribution in [1.82, 2.24) is 15.0 Å². The van der Waals surface area contributed by atoms with Gasteiger partial charge in [0.15, 0.2) is 12.3 Å². The molecule has 150 valence electrons. The van der Waals surface area contributed by atoms with Crippen molar-refractivity contribution in [3.05, 3.63) is 59.9 Å². The Labute approximate surface area is 167 Å². The first-order valence-corrected chi connectivity index (χ1v) is 8.70. The van der Waals surface area contributed by atoms with E-state index in [0.29, 0.717) is 22.9 Å². The largest absolute Gasteiger partial charge is 0.495 e. The van der Waals surface area contributed by atoms with Crippen molar-refractivity contribution in [2.75, 3.05) is 26.1 Å². The molecule has 3 rings (SSSR count). The van der Waals surface area contributed by atoms with Gasteiger partial charge >= 0.3 is 5.97 Å². The SMILES string of the molecule is COC(=O)COc1ccc(OC)c(NC(=O)c2nn(-c3ccccc3)nc2C)c1. The Morgan fingerprint density at radius 1 is 1.07 bits per heavy atom. The number of amides is 1. The lowest BCUT2D eigenvalue weighted by Gasteiger charge is -2.12. The highest BCUT2D eigenvalue weighted by Crippen LogP contribution is 2.29. The number of carbonyl (C=O) groups is 2. The van der Waals surface area contributed by atoms with Crippen LogP contribution in [0.5, 0.6) is 11.5 Å². The molecule has 1 aromatic heterocycles. The standard InChI is InChI=1S/C20H20N4O5/c1-13-19(23-24(22-13)14-7-5-4-6-8-14)20(26)21-16-11-15(9-10-17(16)27-2)29-12-18(25)28-3/h4-11H,12H2,1-3H3,(H,21,26). The minimum Gasteiger partial charge on any atom is -0.495 e. The van der Waals surface area contributed by atoms with Crippen molar-refractivity contribution >= 4 is 17.6 Å². The predicted octanol–water partition coefficient (Wildman–Crippen LogP) is 2.39. The Kier molecular flexibility index (Phi) is 6.08. The van der Waals surface area contributed by atoms with Gasteiger partial charge < -0.3 is 19.5 Å². The van der Waals surface area contributed by atoms with Gasteiger partial charge in [0.1, 0.15) is 11.5 Å². The summed E-state index contributed by atoms with van der Waals surface area (Å²) in [6.07, 6.45) is 0. The Morgan fingerprint density at radius 3 is 2.52 bits per heavy atom. The van der Waals surface area contributed by atoms with Crippen molar-refractivity contribution < 1.29 is 23.8 Å². The van der Waals surface area contributed by atoms with Crippen LogP contribution in [0.15, 0.2) is 48.5 Å². The molecule has 2 aromatic carbocycles. The summed E-state index contributed by atoms with van der Waals surface area (Å²) in [5, 5.41) is 11.3. The molecule has 1 heterocycles. The zero-order valence-corrected chi connectivity index (χ0v) is 16.2. The van der Waals surface area contributed by atoms with E-state index in [1.54, 1.807) is 25.1 Å². The minimum atomic E-state index is -0.514. The maximum Gasteiger partial charge on any atom is 0.343 e. The zero-order valence-electron chi connectivity index (χ0n) is 16.2. The molecule has 29 heavy (non-hydrogen) atoms.